The molecular formula is C16H31N3O3. The van der Waals surface area contributed by atoms with Crippen LogP contribution in [0.25, 0.3) is 0 Å². The van der Waals surface area contributed by atoms with Crippen LogP contribution in [0.1, 0.15) is 53.9 Å². The fraction of sp³-hybridized carbons (Fsp3) is 0.875. The van der Waals surface area contributed by atoms with Gasteiger partial charge in [-0.25, -0.2) is 4.79 Å². The Hall–Kier alpha value is -1.30. The van der Waals surface area contributed by atoms with Gasteiger partial charge in [-0.2, -0.15) is 0 Å². The molecule has 0 spiro atoms. The number of nitrogens with one attached hydrogen (secondary N) is 2. The molecule has 128 valence electrons. The fourth-order valence-electron chi connectivity index (χ4n) is 2.66. The van der Waals surface area contributed by atoms with Crippen LogP contribution in [-0.4, -0.2) is 54.2 Å². The summed E-state index contributed by atoms with van der Waals surface area (Å²) in [5.74, 6) is 0.00442. The summed E-state index contributed by atoms with van der Waals surface area (Å²) >= 11 is 0. The smallest absolute Gasteiger partial charge is 0.410 e. The van der Waals surface area contributed by atoms with Gasteiger partial charge in [0.25, 0.3) is 0 Å². The van der Waals surface area contributed by atoms with E-state index in [1.54, 1.807) is 0 Å². The highest BCUT2D eigenvalue weighted by molar-refractivity contribution is 5.77. The molecule has 1 rings (SSSR count). The molecule has 2 amide bonds. The van der Waals surface area contributed by atoms with Crippen molar-refractivity contribution in [3.8, 4) is 0 Å². The van der Waals surface area contributed by atoms with Crippen molar-refractivity contribution in [2.24, 2.45) is 0 Å². The van der Waals surface area contributed by atoms with E-state index >= 15 is 0 Å². The Kier molecular flexibility index (Phi) is 7.13. The highest BCUT2D eigenvalue weighted by Crippen LogP contribution is 2.23. The van der Waals surface area contributed by atoms with Crippen LogP contribution < -0.4 is 10.6 Å². The Morgan fingerprint density at radius 3 is 2.64 bits per heavy atom. The van der Waals surface area contributed by atoms with Crippen molar-refractivity contribution < 1.29 is 14.3 Å². The zero-order valence-corrected chi connectivity index (χ0v) is 14.6. The van der Waals surface area contributed by atoms with Crippen molar-refractivity contribution in [2.75, 3.05) is 19.6 Å². The van der Waals surface area contributed by atoms with Crippen molar-refractivity contribution in [3.05, 3.63) is 0 Å². The van der Waals surface area contributed by atoms with Crippen LogP contribution in [0.15, 0.2) is 0 Å². The third-order valence-corrected chi connectivity index (χ3v) is 3.62. The number of likely N-dealkylation sites (tertiary alicyclic amines) is 1. The second kappa shape index (κ2) is 8.36. The third kappa shape index (κ3) is 6.64. The van der Waals surface area contributed by atoms with Gasteiger partial charge in [0.15, 0.2) is 0 Å². The molecule has 1 saturated heterocycles. The monoisotopic (exact) mass is 313 g/mol. The summed E-state index contributed by atoms with van der Waals surface area (Å²) in [5, 5.41) is 5.97. The number of likely N-dealkylation sites (N-methyl/N-ethyl adjacent to an activating group) is 1. The molecule has 1 aliphatic heterocycles. The van der Waals surface area contributed by atoms with Gasteiger partial charge in [0.1, 0.15) is 5.60 Å². The summed E-state index contributed by atoms with van der Waals surface area (Å²) in [5.41, 5.74) is -0.466. The van der Waals surface area contributed by atoms with Crippen molar-refractivity contribution in [1.82, 2.24) is 15.5 Å². The van der Waals surface area contributed by atoms with E-state index in [4.69, 9.17) is 4.74 Å². The molecule has 0 aromatic heterocycles. The molecule has 0 saturated carbocycles. The van der Waals surface area contributed by atoms with E-state index in [1.807, 2.05) is 39.5 Å². The summed E-state index contributed by atoms with van der Waals surface area (Å²) in [7, 11) is 0. The SMILES string of the molecule is CCNC(=O)CNC(C)CC1CCCN1C(=O)OC(C)(C)C. The Bertz CT molecular complexity index is 379. The summed E-state index contributed by atoms with van der Waals surface area (Å²) in [6.45, 7) is 11.3. The van der Waals surface area contributed by atoms with Crippen LogP contribution in [-0.2, 0) is 9.53 Å². The molecule has 0 radical (unpaired) electrons. The quantitative estimate of drug-likeness (QED) is 0.785. The molecule has 2 atom stereocenters. The van der Waals surface area contributed by atoms with Crippen molar-refractivity contribution >= 4 is 12.0 Å². The number of hydrogen-bond donors (Lipinski definition) is 2. The standard InChI is InChI=1S/C16H31N3O3/c1-6-17-14(20)11-18-12(2)10-13-8-7-9-19(13)15(21)22-16(3,4)5/h12-13,18H,6-11H2,1-5H3,(H,17,20). The fourth-order valence-corrected chi connectivity index (χ4v) is 2.66. The number of nitrogens with zero attached hydrogens (tertiary/aromatic N) is 1. The predicted octanol–water partition coefficient (Wildman–Crippen LogP) is 1.89. The molecule has 0 bridgehead atoms. The topological polar surface area (TPSA) is 70.7 Å². The Labute approximate surface area is 134 Å². The maximum atomic E-state index is 12.2. The van der Waals surface area contributed by atoms with E-state index in [0.29, 0.717) is 13.1 Å². The van der Waals surface area contributed by atoms with Gasteiger partial charge in [-0.1, -0.05) is 0 Å². The van der Waals surface area contributed by atoms with Crippen LogP contribution in [0.5, 0.6) is 0 Å². The number of carbonyl (C=O) groups is 2. The molecule has 6 heteroatoms. The van der Waals surface area contributed by atoms with E-state index < -0.39 is 5.60 Å². The molecule has 0 aliphatic carbocycles. The van der Waals surface area contributed by atoms with Gasteiger partial charge in [-0.05, 0) is 53.9 Å². The minimum absolute atomic E-state index is 0.00442. The minimum atomic E-state index is -0.466. The molecule has 22 heavy (non-hydrogen) atoms. The molecule has 0 aromatic rings. The number of hydrogen-bond acceptors (Lipinski definition) is 4. The number of ether oxygens (including phenoxy) is 1. The zero-order chi connectivity index (χ0) is 16.8. The van der Waals surface area contributed by atoms with Crippen LogP contribution >= 0.6 is 0 Å². The highest BCUT2D eigenvalue weighted by atomic mass is 16.6. The first-order valence-electron chi connectivity index (χ1n) is 8.22. The first-order valence-corrected chi connectivity index (χ1v) is 8.22. The lowest BCUT2D eigenvalue weighted by Crippen LogP contribution is -2.44. The summed E-state index contributed by atoms with van der Waals surface area (Å²) in [4.78, 5) is 25.5. The summed E-state index contributed by atoms with van der Waals surface area (Å²) in [6, 6.07) is 0.363. The maximum absolute atomic E-state index is 12.2. The van der Waals surface area contributed by atoms with Crippen LogP contribution in [0.4, 0.5) is 4.79 Å². The normalized spacial score (nSPS) is 19.9. The number of rotatable bonds is 6. The van der Waals surface area contributed by atoms with Gasteiger partial charge < -0.3 is 20.3 Å². The van der Waals surface area contributed by atoms with Crippen LogP contribution in [0, 0.1) is 0 Å². The van der Waals surface area contributed by atoms with Crippen molar-refractivity contribution in [2.45, 2.75) is 71.6 Å². The second-order valence-corrected chi connectivity index (χ2v) is 6.94. The zero-order valence-electron chi connectivity index (χ0n) is 14.6. The first kappa shape index (κ1) is 18.7. The molecule has 1 heterocycles. The third-order valence-electron chi connectivity index (χ3n) is 3.62. The lowest BCUT2D eigenvalue weighted by molar-refractivity contribution is -0.120. The van der Waals surface area contributed by atoms with Crippen molar-refractivity contribution in [1.29, 1.82) is 0 Å². The van der Waals surface area contributed by atoms with Gasteiger partial charge >= 0.3 is 6.09 Å². The number of carbonyl (C=O) groups excluding carboxylic acids is 2. The summed E-state index contributed by atoms with van der Waals surface area (Å²) in [6.07, 6.45) is 2.60. The minimum Gasteiger partial charge on any atom is -0.444 e. The van der Waals surface area contributed by atoms with E-state index in [0.717, 1.165) is 25.8 Å². The van der Waals surface area contributed by atoms with Crippen LogP contribution in [0.3, 0.4) is 0 Å². The molecular weight excluding hydrogens is 282 g/mol. The van der Waals surface area contributed by atoms with Gasteiger partial charge in [0, 0.05) is 25.2 Å². The average Bonchev–Trinajstić information content (AvgIpc) is 2.83. The first-order chi connectivity index (χ1) is 10.2. The van der Waals surface area contributed by atoms with E-state index in [-0.39, 0.29) is 24.1 Å². The molecule has 1 aliphatic rings. The van der Waals surface area contributed by atoms with Gasteiger partial charge in [0.05, 0.1) is 6.54 Å². The lowest BCUT2D eigenvalue weighted by Gasteiger charge is -2.30. The van der Waals surface area contributed by atoms with E-state index in [9.17, 15) is 9.59 Å². The van der Waals surface area contributed by atoms with Crippen molar-refractivity contribution in [3.63, 3.8) is 0 Å². The lowest BCUT2D eigenvalue weighted by atomic mass is 10.1. The van der Waals surface area contributed by atoms with Gasteiger partial charge in [0.2, 0.25) is 5.91 Å². The van der Waals surface area contributed by atoms with Crippen LogP contribution in [0.2, 0.25) is 0 Å². The average molecular weight is 313 g/mol. The van der Waals surface area contributed by atoms with Gasteiger partial charge in [-0.15, -0.1) is 0 Å². The maximum Gasteiger partial charge on any atom is 0.410 e. The second-order valence-electron chi connectivity index (χ2n) is 6.94. The molecule has 1 fully saturated rings. The Balaban J connectivity index is 2.43. The largest absolute Gasteiger partial charge is 0.444 e. The molecule has 2 unspecified atom stereocenters. The predicted molar refractivity (Wildman–Crippen MR) is 86.7 cm³/mol. The van der Waals surface area contributed by atoms with E-state index in [2.05, 4.69) is 10.6 Å². The molecule has 6 nitrogen and oxygen atoms in total. The Morgan fingerprint density at radius 1 is 1.36 bits per heavy atom. The van der Waals surface area contributed by atoms with Gasteiger partial charge in [-0.3, -0.25) is 4.79 Å². The van der Waals surface area contributed by atoms with E-state index in [1.165, 1.54) is 0 Å². The molecule has 0 aromatic carbocycles. The summed E-state index contributed by atoms with van der Waals surface area (Å²) < 4.78 is 5.47. The number of amides is 2. The highest BCUT2D eigenvalue weighted by Gasteiger charge is 2.32. The Morgan fingerprint density at radius 2 is 2.05 bits per heavy atom. The molecule has 2 N–H and O–H groups in total.